The zero-order valence-corrected chi connectivity index (χ0v) is 20.8. The minimum Gasteiger partial charge on any atom is -0.381 e. The molecule has 1 aromatic carbocycles. The van der Waals surface area contributed by atoms with Crippen molar-refractivity contribution in [3.05, 3.63) is 56.7 Å². The summed E-state index contributed by atoms with van der Waals surface area (Å²) in [5.41, 5.74) is 2.41. The molecule has 1 aliphatic rings. The number of guanidine groups is 1. The first-order valence-electron chi connectivity index (χ1n) is 9.57. The summed E-state index contributed by atoms with van der Waals surface area (Å²) in [7, 11) is 3.83. The van der Waals surface area contributed by atoms with Crippen molar-refractivity contribution in [2.45, 2.75) is 38.6 Å². The Kier molecular flexibility index (Phi) is 10.7. The molecule has 0 unspecified atom stereocenters. The summed E-state index contributed by atoms with van der Waals surface area (Å²) in [6, 6.07) is 12.5. The highest BCUT2D eigenvalue weighted by atomic mass is 127. The van der Waals surface area contributed by atoms with Crippen LogP contribution < -0.4 is 5.32 Å². The molecule has 1 N–H and O–H groups in total. The second-order valence-corrected chi connectivity index (χ2v) is 8.70. The Morgan fingerprint density at radius 3 is 2.52 bits per heavy atom. The smallest absolute Gasteiger partial charge is 0.193 e. The van der Waals surface area contributed by atoms with Crippen LogP contribution in [0.3, 0.4) is 0 Å². The topological polar surface area (TPSA) is 46.1 Å². The van der Waals surface area contributed by atoms with Crippen LogP contribution in [0.2, 0.25) is 4.34 Å². The van der Waals surface area contributed by atoms with Crippen LogP contribution in [-0.2, 0) is 29.2 Å². The lowest BCUT2D eigenvalue weighted by molar-refractivity contribution is -0.0390. The predicted octanol–water partition coefficient (Wildman–Crippen LogP) is 4.92. The molecule has 3 rings (SSSR count). The number of rotatable bonds is 7. The number of hydrogen-bond donors (Lipinski definition) is 1. The molecule has 160 valence electrons. The summed E-state index contributed by atoms with van der Waals surface area (Å²) in [6.07, 6.45) is 2.31. The monoisotopic (exact) mass is 549 g/mol. The summed E-state index contributed by atoms with van der Waals surface area (Å²) in [6.45, 7) is 3.78. The molecule has 29 heavy (non-hydrogen) atoms. The van der Waals surface area contributed by atoms with Gasteiger partial charge in [0.05, 0.1) is 23.6 Å². The molecule has 2 heterocycles. The Bertz CT molecular complexity index is 764. The Balaban J connectivity index is 0.00000300. The second-order valence-electron chi connectivity index (χ2n) is 6.90. The first-order chi connectivity index (χ1) is 13.6. The first kappa shape index (κ1) is 24.4. The molecule has 0 bridgehead atoms. The normalized spacial score (nSPS) is 15.1. The molecule has 8 heteroatoms. The van der Waals surface area contributed by atoms with E-state index in [1.807, 2.05) is 13.1 Å². The van der Waals surface area contributed by atoms with E-state index in [1.165, 1.54) is 16.0 Å². The van der Waals surface area contributed by atoms with E-state index < -0.39 is 0 Å². The molecular formula is C21H29ClIN3O2S. The summed E-state index contributed by atoms with van der Waals surface area (Å²) in [4.78, 5) is 7.69. The van der Waals surface area contributed by atoms with E-state index in [2.05, 4.69) is 45.5 Å². The number of ether oxygens (including phenoxy) is 2. The van der Waals surface area contributed by atoms with E-state index in [0.29, 0.717) is 12.7 Å². The van der Waals surface area contributed by atoms with Crippen molar-refractivity contribution in [3.63, 3.8) is 0 Å². The maximum Gasteiger partial charge on any atom is 0.193 e. The molecule has 0 amide bonds. The summed E-state index contributed by atoms with van der Waals surface area (Å²) < 4.78 is 12.2. The van der Waals surface area contributed by atoms with Crippen LogP contribution >= 0.6 is 46.9 Å². The molecular weight excluding hydrogens is 521 g/mol. The van der Waals surface area contributed by atoms with Crippen molar-refractivity contribution in [1.82, 2.24) is 10.2 Å². The summed E-state index contributed by atoms with van der Waals surface area (Å²) in [5.74, 6) is 0.858. The minimum absolute atomic E-state index is 0. The van der Waals surface area contributed by atoms with Crippen LogP contribution in [0.1, 0.15) is 28.8 Å². The quantitative estimate of drug-likeness (QED) is 0.303. The van der Waals surface area contributed by atoms with Crippen molar-refractivity contribution >= 4 is 52.9 Å². The van der Waals surface area contributed by atoms with Gasteiger partial charge in [0.25, 0.3) is 0 Å². The number of nitrogens with zero attached hydrogens (tertiary/aromatic N) is 2. The number of hydrogen-bond acceptors (Lipinski definition) is 4. The molecule has 0 radical (unpaired) electrons. The van der Waals surface area contributed by atoms with E-state index in [-0.39, 0.29) is 24.0 Å². The molecule has 1 aromatic heterocycles. The van der Waals surface area contributed by atoms with Crippen molar-refractivity contribution < 1.29 is 9.47 Å². The van der Waals surface area contributed by atoms with Gasteiger partial charge in [-0.15, -0.1) is 35.3 Å². The number of benzene rings is 1. The van der Waals surface area contributed by atoms with Gasteiger partial charge in [0.2, 0.25) is 0 Å². The third kappa shape index (κ3) is 8.05. The van der Waals surface area contributed by atoms with Crippen molar-refractivity contribution in [1.29, 1.82) is 0 Å². The van der Waals surface area contributed by atoms with Gasteiger partial charge in [-0.1, -0.05) is 35.9 Å². The van der Waals surface area contributed by atoms with Crippen LogP contribution in [0.5, 0.6) is 0 Å². The maximum absolute atomic E-state index is 6.02. The van der Waals surface area contributed by atoms with Crippen LogP contribution in [0.4, 0.5) is 0 Å². The maximum atomic E-state index is 6.02. The summed E-state index contributed by atoms with van der Waals surface area (Å²) >= 11 is 7.61. The Labute approximate surface area is 199 Å². The van der Waals surface area contributed by atoms with E-state index in [4.69, 9.17) is 21.1 Å². The van der Waals surface area contributed by atoms with Gasteiger partial charge in [0, 0.05) is 38.7 Å². The highest BCUT2D eigenvalue weighted by Gasteiger charge is 2.14. The third-order valence-corrected chi connectivity index (χ3v) is 5.94. The van der Waals surface area contributed by atoms with E-state index >= 15 is 0 Å². The van der Waals surface area contributed by atoms with Gasteiger partial charge in [-0.2, -0.15) is 0 Å². The highest BCUT2D eigenvalue weighted by Crippen LogP contribution is 2.22. The van der Waals surface area contributed by atoms with Gasteiger partial charge in [-0.25, -0.2) is 0 Å². The molecule has 1 fully saturated rings. The van der Waals surface area contributed by atoms with Crippen molar-refractivity contribution in [2.75, 3.05) is 27.3 Å². The molecule has 5 nitrogen and oxygen atoms in total. The molecule has 1 saturated heterocycles. The van der Waals surface area contributed by atoms with Gasteiger partial charge in [-0.3, -0.25) is 4.99 Å². The fraction of sp³-hybridized carbons (Fsp3) is 0.476. The molecule has 2 aromatic rings. The summed E-state index contributed by atoms with van der Waals surface area (Å²) in [5, 5.41) is 3.42. The molecule has 0 atom stereocenters. The number of thiophene rings is 1. The van der Waals surface area contributed by atoms with E-state index in [0.717, 1.165) is 49.4 Å². The van der Waals surface area contributed by atoms with Gasteiger partial charge in [-0.05, 0) is 36.1 Å². The number of nitrogens with one attached hydrogen (secondary N) is 1. The third-order valence-electron chi connectivity index (χ3n) is 4.72. The van der Waals surface area contributed by atoms with Crippen LogP contribution in [0, 0.1) is 0 Å². The zero-order chi connectivity index (χ0) is 19.8. The standard InChI is InChI=1S/C21H28ClN3O2S.HI/c1-23-21(25(2)14-19-7-8-20(22)28-19)24-13-16-3-5-17(6-4-16)15-27-18-9-11-26-12-10-18;/h3-8,18H,9-15H2,1-2H3,(H,23,24);1H. The average molecular weight is 550 g/mol. The van der Waals surface area contributed by atoms with E-state index in [9.17, 15) is 0 Å². The van der Waals surface area contributed by atoms with E-state index in [1.54, 1.807) is 18.4 Å². The second kappa shape index (κ2) is 12.7. The highest BCUT2D eigenvalue weighted by molar-refractivity contribution is 14.0. The fourth-order valence-corrected chi connectivity index (χ4v) is 4.26. The van der Waals surface area contributed by atoms with Crippen molar-refractivity contribution in [3.8, 4) is 0 Å². The lowest BCUT2D eigenvalue weighted by Crippen LogP contribution is -2.37. The largest absolute Gasteiger partial charge is 0.381 e. The predicted molar refractivity (Wildman–Crippen MR) is 131 cm³/mol. The molecule has 0 spiro atoms. The molecule has 1 aliphatic heterocycles. The number of halogens is 2. The fourth-order valence-electron chi connectivity index (χ4n) is 3.12. The lowest BCUT2D eigenvalue weighted by atomic mass is 10.1. The molecule has 0 saturated carbocycles. The molecule has 0 aliphatic carbocycles. The lowest BCUT2D eigenvalue weighted by Gasteiger charge is -2.22. The minimum atomic E-state index is 0. The SMILES string of the molecule is CN=C(NCc1ccc(COC2CCOCC2)cc1)N(C)Cc1ccc(Cl)s1.I. The number of aliphatic imine (C=N–C) groups is 1. The van der Waals surface area contributed by atoms with Gasteiger partial charge >= 0.3 is 0 Å². The van der Waals surface area contributed by atoms with Crippen LogP contribution in [0.25, 0.3) is 0 Å². The Morgan fingerprint density at radius 1 is 1.21 bits per heavy atom. The first-order valence-corrected chi connectivity index (χ1v) is 10.8. The van der Waals surface area contributed by atoms with Crippen LogP contribution in [-0.4, -0.2) is 44.3 Å². The van der Waals surface area contributed by atoms with Gasteiger partial charge in [0.15, 0.2) is 5.96 Å². The van der Waals surface area contributed by atoms with Crippen LogP contribution in [0.15, 0.2) is 41.4 Å². The Morgan fingerprint density at radius 2 is 1.90 bits per heavy atom. The van der Waals surface area contributed by atoms with Gasteiger partial charge in [0.1, 0.15) is 0 Å². The zero-order valence-electron chi connectivity index (χ0n) is 16.9. The van der Waals surface area contributed by atoms with Gasteiger partial charge < -0.3 is 19.7 Å². The average Bonchev–Trinajstić information content (AvgIpc) is 3.13. The Hall–Kier alpha value is -0.870. The van der Waals surface area contributed by atoms with Crippen molar-refractivity contribution in [2.24, 2.45) is 4.99 Å².